The third kappa shape index (κ3) is 4.31. The fraction of sp³-hybridized carbons (Fsp3) is 0.611. The van der Waals surface area contributed by atoms with Gasteiger partial charge in [-0.3, -0.25) is 9.69 Å². The molecule has 1 unspecified atom stereocenters. The van der Waals surface area contributed by atoms with Gasteiger partial charge in [0.2, 0.25) is 0 Å². The van der Waals surface area contributed by atoms with Crippen LogP contribution in [-0.2, 0) is 0 Å². The van der Waals surface area contributed by atoms with Gasteiger partial charge in [-0.1, -0.05) is 20.8 Å². The van der Waals surface area contributed by atoms with E-state index in [1.54, 1.807) is 0 Å². The van der Waals surface area contributed by atoms with E-state index >= 15 is 0 Å². The number of benzene rings is 1. The lowest BCUT2D eigenvalue weighted by molar-refractivity contribution is -0.00362. The second-order valence-corrected chi connectivity index (χ2v) is 6.15. The van der Waals surface area contributed by atoms with Crippen LogP contribution in [0, 0.1) is 5.92 Å². The van der Waals surface area contributed by atoms with Crippen LogP contribution in [0.5, 0.6) is 5.75 Å². The minimum absolute atomic E-state index is 0.0372. The highest BCUT2D eigenvalue weighted by molar-refractivity contribution is 5.97. The normalized spacial score (nSPS) is 19.7. The first kappa shape index (κ1) is 16.0. The van der Waals surface area contributed by atoms with Gasteiger partial charge in [0.05, 0.1) is 0 Å². The lowest BCUT2D eigenvalue weighted by atomic mass is 10.0. The Kier molecular flexibility index (Phi) is 5.80. The zero-order valence-electron chi connectivity index (χ0n) is 13.5. The van der Waals surface area contributed by atoms with Crippen molar-refractivity contribution >= 4 is 5.78 Å². The Morgan fingerprint density at radius 2 is 2.00 bits per heavy atom. The zero-order chi connectivity index (χ0) is 15.2. The van der Waals surface area contributed by atoms with Crippen LogP contribution in [0.4, 0.5) is 0 Å². The van der Waals surface area contributed by atoms with Crippen molar-refractivity contribution < 1.29 is 9.53 Å². The Labute approximate surface area is 128 Å². The van der Waals surface area contributed by atoms with Gasteiger partial charge in [-0.25, -0.2) is 0 Å². The lowest BCUT2D eigenvalue weighted by Gasteiger charge is -2.35. The van der Waals surface area contributed by atoms with Crippen LogP contribution in [0.1, 0.15) is 56.8 Å². The Morgan fingerprint density at radius 1 is 1.29 bits per heavy atom. The van der Waals surface area contributed by atoms with Crippen LogP contribution in [0.3, 0.4) is 0 Å². The third-order valence-electron chi connectivity index (χ3n) is 4.00. The molecule has 1 saturated heterocycles. The maximum absolute atomic E-state index is 11.9. The molecule has 0 aliphatic carbocycles. The number of ether oxygens (including phenoxy) is 1. The van der Waals surface area contributed by atoms with Crippen molar-refractivity contribution in [3.63, 3.8) is 0 Å². The van der Waals surface area contributed by atoms with Crippen LogP contribution in [-0.4, -0.2) is 30.0 Å². The minimum Gasteiger partial charge on any atom is -0.475 e. The van der Waals surface area contributed by atoms with Gasteiger partial charge < -0.3 is 4.74 Å². The number of carbonyl (C=O) groups excluding carboxylic acids is 1. The Morgan fingerprint density at radius 3 is 2.62 bits per heavy atom. The Bertz CT molecular complexity index is 451. The van der Waals surface area contributed by atoms with Crippen molar-refractivity contribution in [1.29, 1.82) is 0 Å². The van der Waals surface area contributed by atoms with Crippen LogP contribution < -0.4 is 4.74 Å². The third-order valence-corrected chi connectivity index (χ3v) is 4.00. The fourth-order valence-corrected chi connectivity index (χ4v) is 2.83. The number of piperidine rings is 1. The summed E-state index contributed by atoms with van der Waals surface area (Å²) in [5.41, 5.74) is 0.770. The van der Waals surface area contributed by atoms with E-state index < -0.39 is 0 Å². The molecule has 2 rings (SSSR count). The van der Waals surface area contributed by atoms with Gasteiger partial charge in [0.15, 0.2) is 12.0 Å². The molecule has 0 aromatic heterocycles. The standard InChI is InChI=1S/C18H27NO2/c1-4-12-19-13-6-5-7-17(19)21-16-10-8-15(9-11-16)18(20)14(2)3/h8-11,14,17H,4-7,12-13H2,1-3H3. The number of likely N-dealkylation sites (tertiary alicyclic amines) is 1. The molecule has 1 aromatic rings. The predicted octanol–water partition coefficient (Wildman–Crippen LogP) is 4.13. The zero-order valence-corrected chi connectivity index (χ0v) is 13.5. The molecule has 0 radical (unpaired) electrons. The molecular weight excluding hydrogens is 262 g/mol. The van der Waals surface area contributed by atoms with Gasteiger partial charge >= 0.3 is 0 Å². The quantitative estimate of drug-likeness (QED) is 0.738. The highest BCUT2D eigenvalue weighted by atomic mass is 16.5. The second kappa shape index (κ2) is 7.60. The van der Waals surface area contributed by atoms with Gasteiger partial charge in [-0.05, 0) is 49.9 Å². The summed E-state index contributed by atoms with van der Waals surface area (Å²) >= 11 is 0. The van der Waals surface area contributed by atoms with Gasteiger partial charge in [-0.15, -0.1) is 0 Å². The van der Waals surface area contributed by atoms with Crippen molar-refractivity contribution in [2.75, 3.05) is 13.1 Å². The highest BCUT2D eigenvalue weighted by Crippen LogP contribution is 2.22. The summed E-state index contributed by atoms with van der Waals surface area (Å²) in [5.74, 6) is 1.09. The molecule has 1 atom stereocenters. The first-order chi connectivity index (χ1) is 10.1. The van der Waals surface area contributed by atoms with Crippen molar-refractivity contribution in [2.24, 2.45) is 5.92 Å². The van der Waals surface area contributed by atoms with Crippen LogP contribution in [0.15, 0.2) is 24.3 Å². The van der Waals surface area contributed by atoms with E-state index in [-0.39, 0.29) is 17.9 Å². The number of Topliss-reactive ketones (excluding diaryl/α,β-unsaturated/α-hetero) is 1. The van der Waals surface area contributed by atoms with E-state index in [1.807, 2.05) is 38.1 Å². The molecule has 1 aromatic carbocycles. The molecule has 21 heavy (non-hydrogen) atoms. The molecule has 0 saturated carbocycles. The highest BCUT2D eigenvalue weighted by Gasteiger charge is 2.23. The molecule has 0 amide bonds. The van der Waals surface area contributed by atoms with Crippen LogP contribution >= 0.6 is 0 Å². The molecule has 1 aliphatic rings. The maximum Gasteiger partial charge on any atom is 0.165 e. The van der Waals surface area contributed by atoms with Crippen LogP contribution in [0.2, 0.25) is 0 Å². The Balaban J connectivity index is 2.00. The van der Waals surface area contributed by atoms with E-state index in [4.69, 9.17) is 4.74 Å². The molecule has 3 heteroatoms. The summed E-state index contributed by atoms with van der Waals surface area (Å²) in [6.07, 6.45) is 4.93. The maximum atomic E-state index is 11.9. The average molecular weight is 289 g/mol. The largest absolute Gasteiger partial charge is 0.475 e. The molecule has 0 bridgehead atoms. The van der Waals surface area contributed by atoms with Gasteiger partial charge in [0.25, 0.3) is 0 Å². The smallest absolute Gasteiger partial charge is 0.165 e. The average Bonchev–Trinajstić information content (AvgIpc) is 2.49. The molecule has 0 spiro atoms. The molecule has 1 aliphatic heterocycles. The van der Waals surface area contributed by atoms with Crippen molar-refractivity contribution in [2.45, 2.75) is 52.7 Å². The summed E-state index contributed by atoms with van der Waals surface area (Å²) in [7, 11) is 0. The summed E-state index contributed by atoms with van der Waals surface area (Å²) in [6, 6.07) is 7.61. The van der Waals surface area contributed by atoms with Gasteiger partial charge in [0.1, 0.15) is 5.75 Å². The molecular formula is C18H27NO2. The Hall–Kier alpha value is -1.35. The van der Waals surface area contributed by atoms with Gasteiger partial charge in [-0.2, -0.15) is 0 Å². The molecule has 1 heterocycles. The molecule has 116 valence electrons. The number of rotatable bonds is 6. The van der Waals surface area contributed by atoms with E-state index in [1.165, 1.54) is 12.8 Å². The number of nitrogens with zero attached hydrogens (tertiary/aromatic N) is 1. The first-order valence-electron chi connectivity index (χ1n) is 8.16. The van der Waals surface area contributed by atoms with Crippen LogP contribution in [0.25, 0.3) is 0 Å². The van der Waals surface area contributed by atoms with Crippen molar-refractivity contribution in [3.8, 4) is 5.75 Å². The summed E-state index contributed by atoms with van der Waals surface area (Å²) < 4.78 is 6.13. The monoisotopic (exact) mass is 289 g/mol. The minimum atomic E-state index is 0.0372. The summed E-state index contributed by atoms with van der Waals surface area (Å²) in [5, 5.41) is 0. The van der Waals surface area contributed by atoms with E-state index in [9.17, 15) is 4.79 Å². The number of ketones is 1. The summed E-state index contributed by atoms with van der Waals surface area (Å²) in [6.45, 7) is 8.28. The van der Waals surface area contributed by atoms with E-state index in [0.717, 1.165) is 37.2 Å². The first-order valence-corrected chi connectivity index (χ1v) is 8.16. The molecule has 1 fully saturated rings. The summed E-state index contributed by atoms with van der Waals surface area (Å²) in [4.78, 5) is 14.4. The number of hydrogen-bond donors (Lipinski definition) is 0. The van der Waals surface area contributed by atoms with Crippen molar-refractivity contribution in [3.05, 3.63) is 29.8 Å². The van der Waals surface area contributed by atoms with Gasteiger partial charge in [0, 0.05) is 24.6 Å². The molecule has 0 N–H and O–H groups in total. The van der Waals surface area contributed by atoms with E-state index in [0.29, 0.717) is 0 Å². The molecule has 3 nitrogen and oxygen atoms in total. The second-order valence-electron chi connectivity index (χ2n) is 6.15. The fourth-order valence-electron chi connectivity index (χ4n) is 2.83. The number of carbonyl (C=O) groups is 1. The van der Waals surface area contributed by atoms with Crippen molar-refractivity contribution in [1.82, 2.24) is 4.90 Å². The number of hydrogen-bond acceptors (Lipinski definition) is 3. The van der Waals surface area contributed by atoms with E-state index in [2.05, 4.69) is 11.8 Å². The topological polar surface area (TPSA) is 29.5 Å². The SMILES string of the molecule is CCCN1CCCCC1Oc1ccc(C(=O)C(C)C)cc1. The lowest BCUT2D eigenvalue weighted by Crippen LogP contribution is -2.43. The predicted molar refractivity (Wildman–Crippen MR) is 85.7 cm³/mol.